The quantitative estimate of drug-likeness (QED) is 0.490. The van der Waals surface area contributed by atoms with Crippen LogP contribution in [-0.4, -0.2) is 31.6 Å². The average Bonchev–Trinajstić information content (AvgIpc) is 2.02. The van der Waals surface area contributed by atoms with Crippen LogP contribution in [0.1, 0.15) is 34.1 Å². The van der Waals surface area contributed by atoms with E-state index in [4.69, 9.17) is 9.26 Å². The molecule has 0 rings (SSSR count). The van der Waals surface area contributed by atoms with Gasteiger partial charge in [-0.1, -0.05) is 13.8 Å². The Labute approximate surface area is 87.6 Å². The minimum Gasteiger partial charge on any atom is -0.379 e. The lowest BCUT2D eigenvalue weighted by molar-refractivity contribution is 0.0697. The number of ether oxygens (including phenoxy) is 1. The molecule has 4 heteroatoms. The van der Waals surface area contributed by atoms with Gasteiger partial charge in [0, 0.05) is 18.9 Å². The summed E-state index contributed by atoms with van der Waals surface area (Å²) in [6.07, 6.45) is 1.07. The van der Waals surface area contributed by atoms with Crippen LogP contribution in [0.2, 0.25) is 0 Å². The van der Waals surface area contributed by atoms with E-state index >= 15 is 0 Å². The standard InChI is InChI=1S/C10H23O3P/c1-9(2)12-7-6-8-13-14(5,11)10(3)4/h9-10H,6-8H2,1-5H3. The maximum atomic E-state index is 11.7. The Morgan fingerprint density at radius 1 is 1.14 bits per heavy atom. The lowest BCUT2D eigenvalue weighted by atomic mass is 10.4. The van der Waals surface area contributed by atoms with Crippen LogP contribution in [0.25, 0.3) is 0 Å². The Morgan fingerprint density at radius 3 is 2.14 bits per heavy atom. The summed E-state index contributed by atoms with van der Waals surface area (Å²) < 4.78 is 22.4. The minimum absolute atomic E-state index is 0.105. The molecule has 1 unspecified atom stereocenters. The lowest BCUT2D eigenvalue weighted by Gasteiger charge is -2.17. The van der Waals surface area contributed by atoms with Crippen LogP contribution in [0.15, 0.2) is 0 Å². The van der Waals surface area contributed by atoms with E-state index in [0.717, 1.165) is 6.42 Å². The molecule has 0 amide bonds. The monoisotopic (exact) mass is 222 g/mol. The first-order valence-electron chi connectivity index (χ1n) is 5.19. The Kier molecular flexibility index (Phi) is 6.67. The maximum absolute atomic E-state index is 11.7. The van der Waals surface area contributed by atoms with Crippen LogP contribution in [0.3, 0.4) is 0 Å². The largest absolute Gasteiger partial charge is 0.379 e. The Bertz CT molecular complexity index is 190. The van der Waals surface area contributed by atoms with Gasteiger partial charge in [-0.3, -0.25) is 4.57 Å². The summed E-state index contributed by atoms with van der Waals surface area (Å²) in [6, 6.07) is 0. The van der Waals surface area contributed by atoms with E-state index in [9.17, 15) is 4.57 Å². The fraction of sp³-hybridized carbons (Fsp3) is 1.00. The van der Waals surface area contributed by atoms with Crippen LogP contribution in [0, 0.1) is 0 Å². The van der Waals surface area contributed by atoms with Crippen LogP contribution in [0.4, 0.5) is 0 Å². The molecule has 14 heavy (non-hydrogen) atoms. The van der Waals surface area contributed by atoms with Crippen molar-refractivity contribution in [3.05, 3.63) is 0 Å². The molecule has 0 aromatic carbocycles. The summed E-state index contributed by atoms with van der Waals surface area (Å²) >= 11 is 0. The topological polar surface area (TPSA) is 35.5 Å². The molecule has 0 spiro atoms. The zero-order valence-electron chi connectivity index (χ0n) is 9.95. The molecule has 3 nitrogen and oxygen atoms in total. The molecule has 0 aliphatic heterocycles. The van der Waals surface area contributed by atoms with E-state index in [1.807, 2.05) is 27.7 Å². The zero-order valence-corrected chi connectivity index (χ0v) is 10.8. The van der Waals surface area contributed by atoms with E-state index in [-0.39, 0.29) is 11.8 Å². The predicted molar refractivity (Wildman–Crippen MR) is 60.3 cm³/mol. The van der Waals surface area contributed by atoms with Crippen molar-refractivity contribution in [3.63, 3.8) is 0 Å². The van der Waals surface area contributed by atoms with E-state index in [1.54, 1.807) is 6.66 Å². The molecule has 0 N–H and O–H groups in total. The van der Waals surface area contributed by atoms with Gasteiger partial charge in [0.05, 0.1) is 12.7 Å². The molecule has 0 heterocycles. The van der Waals surface area contributed by atoms with Crippen molar-refractivity contribution in [2.24, 2.45) is 0 Å². The molecule has 0 aromatic rings. The fourth-order valence-electron chi connectivity index (χ4n) is 0.773. The second-order valence-electron chi connectivity index (χ2n) is 4.11. The molecule has 0 bridgehead atoms. The summed E-state index contributed by atoms with van der Waals surface area (Å²) in [5.74, 6) is 0. The first-order chi connectivity index (χ1) is 6.36. The Balaban J connectivity index is 3.50. The Morgan fingerprint density at radius 2 is 1.71 bits per heavy atom. The molecule has 86 valence electrons. The van der Waals surface area contributed by atoms with Crippen LogP contribution in [0.5, 0.6) is 0 Å². The van der Waals surface area contributed by atoms with Gasteiger partial charge in [-0.2, -0.15) is 0 Å². The van der Waals surface area contributed by atoms with Crippen molar-refractivity contribution in [3.8, 4) is 0 Å². The van der Waals surface area contributed by atoms with Gasteiger partial charge < -0.3 is 9.26 Å². The highest BCUT2D eigenvalue weighted by atomic mass is 31.2. The van der Waals surface area contributed by atoms with E-state index in [0.29, 0.717) is 13.2 Å². The maximum Gasteiger partial charge on any atom is 0.202 e. The number of hydrogen-bond acceptors (Lipinski definition) is 3. The fourth-order valence-corrected chi connectivity index (χ4v) is 1.56. The smallest absolute Gasteiger partial charge is 0.202 e. The highest BCUT2D eigenvalue weighted by Gasteiger charge is 2.20. The first-order valence-corrected chi connectivity index (χ1v) is 7.33. The van der Waals surface area contributed by atoms with Crippen LogP contribution >= 0.6 is 7.37 Å². The summed E-state index contributed by atoms with van der Waals surface area (Å²) in [7, 11) is -2.38. The normalized spacial score (nSPS) is 16.2. The van der Waals surface area contributed by atoms with Gasteiger partial charge in [-0.15, -0.1) is 0 Å². The second kappa shape index (κ2) is 6.60. The SMILES string of the molecule is CC(C)OCCCOP(C)(=O)C(C)C. The van der Waals surface area contributed by atoms with E-state index in [1.165, 1.54) is 0 Å². The van der Waals surface area contributed by atoms with Gasteiger partial charge >= 0.3 is 0 Å². The number of hydrogen-bond donors (Lipinski definition) is 0. The van der Waals surface area contributed by atoms with Crippen molar-refractivity contribution in [2.75, 3.05) is 19.9 Å². The van der Waals surface area contributed by atoms with Crippen molar-refractivity contribution in [2.45, 2.75) is 45.9 Å². The zero-order chi connectivity index (χ0) is 11.2. The molecule has 0 radical (unpaired) electrons. The van der Waals surface area contributed by atoms with Crippen molar-refractivity contribution in [1.29, 1.82) is 0 Å². The molecule has 0 saturated carbocycles. The number of rotatable bonds is 7. The van der Waals surface area contributed by atoms with Gasteiger partial charge in [-0.25, -0.2) is 0 Å². The predicted octanol–water partition coefficient (Wildman–Crippen LogP) is 3.13. The highest BCUT2D eigenvalue weighted by Crippen LogP contribution is 2.47. The molecule has 0 aliphatic carbocycles. The minimum atomic E-state index is -2.38. The molecule has 0 aromatic heterocycles. The third-order valence-corrected chi connectivity index (χ3v) is 4.60. The van der Waals surface area contributed by atoms with Crippen LogP contribution < -0.4 is 0 Å². The third-order valence-electron chi connectivity index (χ3n) is 2.03. The van der Waals surface area contributed by atoms with Gasteiger partial charge in [0.25, 0.3) is 0 Å². The summed E-state index contributed by atoms with van der Waals surface area (Å²) in [5.41, 5.74) is 0.105. The third kappa shape index (κ3) is 6.58. The molecular weight excluding hydrogens is 199 g/mol. The van der Waals surface area contributed by atoms with Crippen LogP contribution in [-0.2, 0) is 13.8 Å². The van der Waals surface area contributed by atoms with Crippen molar-refractivity contribution >= 4 is 7.37 Å². The Hall–Kier alpha value is 0.150. The van der Waals surface area contributed by atoms with Gasteiger partial charge in [0.2, 0.25) is 7.37 Å². The van der Waals surface area contributed by atoms with Gasteiger partial charge in [0.1, 0.15) is 0 Å². The second-order valence-corrected chi connectivity index (χ2v) is 7.22. The molecule has 0 aliphatic rings. The summed E-state index contributed by atoms with van der Waals surface area (Å²) in [5, 5.41) is 0. The summed E-state index contributed by atoms with van der Waals surface area (Å²) in [4.78, 5) is 0. The van der Waals surface area contributed by atoms with Crippen molar-refractivity contribution in [1.82, 2.24) is 0 Å². The molecule has 0 saturated heterocycles. The van der Waals surface area contributed by atoms with Gasteiger partial charge in [-0.05, 0) is 20.3 Å². The first kappa shape index (κ1) is 14.2. The molecule has 1 atom stereocenters. The lowest BCUT2D eigenvalue weighted by Crippen LogP contribution is -2.07. The average molecular weight is 222 g/mol. The molecule has 0 fully saturated rings. The highest BCUT2D eigenvalue weighted by molar-refractivity contribution is 7.58. The van der Waals surface area contributed by atoms with Gasteiger partial charge in [0.15, 0.2) is 0 Å². The van der Waals surface area contributed by atoms with E-state index < -0.39 is 7.37 Å². The molecular formula is C10H23O3P. The summed E-state index contributed by atoms with van der Waals surface area (Å²) in [6.45, 7) is 10.7. The van der Waals surface area contributed by atoms with E-state index in [2.05, 4.69) is 0 Å². The van der Waals surface area contributed by atoms with Crippen molar-refractivity contribution < 1.29 is 13.8 Å².